The van der Waals surface area contributed by atoms with E-state index in [-0.39, 0.29) is 36.6 Å². The Bertz CT molecular complexity index is 1780. The third kappa shape index (κ3) is 13.5. The van der Waals surface area contributed by atoms with E-state index in [0.29, 0.717) is 31.6 Å². The van der Waals surface area contributed by atoms with E-state index in [4.69, 9.17) is 19.3 Å². The number of hydrogen-bond donors (Lipinski definition) is 5. The standard InChI is InChI=1S/C33H38F2N6O12P2/c34-33(35,23-11-4-3-5-12-23)27(18-16-24-17-19-29(42)41(24)22-9-2-1-6-15-28-37-39-40-38-28)51-30(43)25-13-7-8-14-26(25)50-31(44)36-21-10-20-32(45,52-54(46)47)53-55(48)49/h3-5,7-8,11-14,16,18,24,27,45H,1-2,6,9-10,15,17,19-22H2,(H2-2,36,37,38,39,40,44,46,47,48,49)/p+2/b18-16+/t24-,27+/m0/s1. The molecule has 3 aromatic rings. The van der Waals surface area contributed by atoms with Crippen LogP contribution in [0.5, 0.6) is 5.75 Å². The summed E-state index contributed by atoms with van der Waals surface area (Å²) in [6.07, 6.45) is 2.88. The fourth-order valence-corrected chi connectivity index (χ4v) is 6.44. The number of carbonyl (C=O) groups is 3. The Hall–Kier alpha value is -4.68. The molecule has 1 aliphatic heterocycles. The number of alkyl halides is 2. The molecule has 55 heavy (non-hydrogen) atoms. The quantitative estimate of drug-likeness (QED) is 0.0303. The maximum Gasteiger partial charge on any atom is 0.700 e. The molecule has 2 heterocycles. The molecule has 2 amide bonds. The van der Waals surface area contributed by atoms with Gasteiger partial charge in [0.05, 0.1) is 6.04 Å². The molecule has 4 rings (SSSR count). The van der Waals surface area contributed by atoms with Gasteiger partial charge in [-0.2, -0.15) is 14.0 Å². The molecule has 0 bridgehead atoms. The molecule has 5 N–H and O–H groups in total. The van der Waals surface area contributed by atoms with E-state index < -0.39 is 64.6 Å². The number of carbonyl (C=O) groups excluding carboxylic acids is 3. The van der Waals surface area contributed by atoms with Gasteiger partial charge in [-0.15, -0.1) is 20.0 Å². The molecule has 1 fully saturated rings. The third-order valence-electron chi connectivity index (χ3n) is 8.26. The van der Waals surface area contributed by atoms with Crippen molar-refractivity contribution >= 4 is 34.5 Å². The number of aryl methyl sites for hydroxylation is 1. The maximum absolute atomic E-state index is 16.1. The smallest absolute Gasteiger partial charge is 0.448 e. The van der Waals surface area contributed by atoms with Gasteiger partial charge in [0.1, 0.15) is 11.3 Å². The van der Waals surface area contributed by atoms with Gasteiger partial charge < -0.3 is 24.8 Å². The number of aliphatic hydroxyl groups is 1. The lowest BCUT2D eigenvalue weighted by molar-refractivity contribution is -0.277. The number of benzene rings is 2. The van der Waals surface area contributed by atoms with Crippen LogP contribution in [-0.4, -0.2) is 89.6 Å². The lowest BCUT2D eigenvalue weighted by atomic mass is 10.0. The van der Waals surface area contributed by atoms with Crippen LogP contribution in [0, 0.1) is 0 Å². The molecule has 1 aliphatic rings. The van der Waals surface area contributed by atoms with Crippen molar-refractivity contribution in [1.29, 1.82) is 0 Å². The number of rotatable bonds is 22. The minimum atomic E-state index is -3.73. The fourth-order valence-electron chi connectivity index (χ4n) is 5.63. The Balaban J connectivity index is 1.40. The number of para-hydroxylation sites is 1. The molecular weight excluding hydrogens is 772 g/mol. The van der Waals surface area contributed by atoms with E-state index in [0.717, 1.165) is 25.3 Å². The fraction of sp³-hybridized carbons (Fsp3) is 0.455. The molecule has 0 aliphatic carbocycles. The zero-order chi connectivity index (χ0) is 39.8. The number of hydrogen-bond acceptors (Lipinski definition) is 13. The van der Waals surface area contributed by atoms with Crippen molar-refractivity contribution in [3.8, 4) is 5.75 Å². The number of amides is 2. The van der Waals surface area contributed by atoms with Gasteiger partial charge in [0, 0.05) is 47.0 Å². The van der Waals surface area contributed by atoms with Gasteiger partial charge in [-0.1, -0.05) is 66.6 Å². The van der Waals surface area contributed by atoms with Crippen LogP contribution in [0.3, 0.4) is 0 Å². The summed E-state index contributed by atoms with van der Waals surface area (Å²) >= 11 is 0. The van der Waals surface area contributed by atoms with Gasteiger partial charge in [0.25, 0.3) is 0 Å². The summed E-state index contributed by atoms with van der Waals surface area (Å²) in [6, 6.07) is 11.5. The van der Waals surface area contributed by atoms with Crippen LogP contribution < -0.4 is 10.1 Å². The number of halogens is 2. The van der Waals surface area contributed by atoms with Crippen LogP contribution in [0.4, 0.5) is 13.6 Å². The summed E-state index contributed by atoms with van der Waals surface area (Å²) in [5, 5.41) is 26.1. The highest BCUT2D eigenvalue weighted by Crippen LogP contribution is 2.37. The molecule has 4 atom stereocenters. The lowest BCUT2D eigenvalue weighted by Gasteiger charge is -2.27. The molecule has 2 aromatic carbocycles. The van der Waals surface area contributed by atoms with Crippen molar-refractivity contribution in [2.24, 2.45) is 0 Å². The molecule has 1 saturated heterocycles. The van der Waals surface area contributed by atoms with Gasteiger partial charge in [0.15, 0.2) is 11.9 Å². The second kappa shape index (κ2) is 20.8. The Morgan fingerprint density at radius 2 is 1.71 bits per heavy atom. The minimum absolute atomic E-state index is 0.115. The van der Waals surface area contributed by atoms with Crippen molar-refractivity contribution in [2.75, 3.05) is 13.1 Å². The van der Waals surface area contributed by atoms with E-state index in [1.165, 1.54) is 54.6 Å². The van der Waals surface area contributed by atoms with Crippen LogP contribution in [0.2, 0.25) is 0 Å². The highest BCUT2D eigenvalue weighted by Gasteiger charge is 2.48. The minimum Gasteiger partial charge on any atom is -0.448 e. The number of aromatic amines is 1. The summed E-state index contributed by atoms with van der Waals surface area (Å²) < 4.78 is 73.1. The predicted octanol–water partition coefficient (Wildman–Crippen LogP) is 4.71. The topological polar surface area (TPSA) is 253 Å². The van der Waals surface area contributed by atoms with Gasteiger partial charge in [-0.05, 0) is 52.9 Å². The summed E-state index contributed by atoms with van der Waals surface area (Å²) in [5.41, 5.74) is -0.799. The van der Waals surface area contributed by atoms with Crippen molar-refractivity contribution in [1.82, 2.24) is 30.8 Å². The first-order valence-corrected chi connectivity index (χ1v) is 19.4. The molecule has 18 nitrogen and oxygen atoms in total. The predicted molar refractivity (Wildman–Crippen MR) is 186 cm³/mol. The van der Waals surface area contributed by atoms with Crippen LogP contribution in [-0.2, 0) is 40.1 Å². The zero-order valence-corrected chi connectivity index (χ0v) is 31.0. The number of nitrogens with one attached hydrogen (secondary N) is 2. The Morgan fingerprint density at radius 1 is 1.02 bits per heavy atom. The molecule has 0 spiro atoms. The van der Waals surface area contributed by atoms with Gasteiger partial charge in [-0.25, -0.2) is 9.59 Å². The average Bonchev–Trinajstić information content (AvgIpc) is 3.79. The Kier molecular flexibility index (Phi) is 16.3. The van der Waals surface area contributed by atoms with Gasteiger partial charge >= 0.3 is 40.5 Å². The van der Waals surface area contributed by atoms with E-state index in [9.17, 15) is 28.6 Å². The normalized spacial score (nSPS) is 16.8. The zero-order valence-electron chi connectivity index (χ0n) is 29.2. The van der Waals surface area contributed by atoms with Crippen LogP contribution in [0.25, 0.3) is 0 Å². The molecule has 296 valence electrons. The number of unbranched alkanes of at least 4 members (excludes halogenated alkanes) is 3. The SMILES string of the molecule is O=C(NCCCC(O)(O[P+](=O)O)O[P+](=O)O)Oc1ccccc1C(=O)O[C@H](/C=C/[C@H]1CCC(=O)N1CCCCCCc1nn[nH]n1)C(F)(F)c1ccccc1. The highest BCUT2D eigenvalue weighted by molar-refractivity contribution is 7.33. The molecule has 2 unspecified atom stereocenters. The number of ether oxygens (including phenoxy) is 2. The Labute approximate surface area is 315 Å². The molecular formula is C33H40F2N6O12P2+2. The first kappa shape index (κ1) is 43.1. The van der Waals surface area contributed by atoms with Crippen molar-refractivity contribution in [3.63, 3.8) is 0 Å². The van der Waals surface area contributed by atoms with Crippen LogP contribution in [0.1, 0.15) is 73.1 Å². The summed E-state index contributed by atoms with van der Waals surface area (Å²) in [7, 11) is -6.87. The van der Waals surface area contributed by atoms with E-state index in [1.54, 1.807) is 11.0 Å². The largest absolute Gasteiger partial charge is 0.700 e. The molecule has 0 radical (unpaired) electrons. The number of aromatic nitrogens is 4. The van der Waals surface area contributed by atoms with E-state index in [2.05, 4.69) is 35.0 Å². The lowest BCUT2D eigenvalue weighted by Crippen LogP contribution is -2.36. The average molecular weight is 813 g/mol. The summed E-state index contributed by atoms with van der Waals surface area (Å²) in [6.45, 7) is 0.127. The summed E-state index contributed by atoms with van der Waals surface area (Å²) in [4.78, 5) is 58.2. The van der Waals surface area contributed by atoms with Crippen molar-refractivity contribution < 1.29 is 65.7 Å². The first-order chi connectivity index (χ1) is 26.3. The first-order valence-electron chi connectivity index (χ1n) is 17.1. The third-order valence-corrected chi connectivity index (χ3v) is 9.14. The molecule has 1 aromatic heterocycles. The number of H-pyrrole nitrogens is 1. The second-order valence-electron chi connectivity index (χ2n) is 12.2. The highest BCUT2D eigenvalue weighted by atomic mass is 31.1. The van der Waals surface area contributed by atoms with Crippen molar-refractivity contribution in [3.05, 3.63) is 83.7 Å². The maximum atomic E-state index is 16.1. The second-order valence-corrected chi connectivity index (χ2v) is 13.5. The van der Waals surface area contributed by atoms with Gasteiger partial charge in [0.2, 0.25) is 5.91 Å². The summed E-state index contributed by atoms with van der Waals surface area (Å²) in [5.74, 6) is -7.73. The van der Waals surface area contributed by atoms with Gasteiger partial charge in [-0.3, -0.25) is 4.79 Å². The van der Waals surface area contributed by atoms with Crippen LogP contribution in [0.15, 0.2) is 66.7 Å². The van der Waals surface area contributed by atoms with Crippen molar-refractivity contribution in [2.45, 2.75) is 81.8 Å². The molecule has 0 saturated carbocycles. The van der Waals surface area contributed by atoms with Crippen LogP contribution >= 0.6 is 16.5 Å². The van der Waals surface area contributed by atoms with E-state index >= 15 is 8.78 Å². The number of esters is 1. The molecule has 22 heteroatoms. The number of likely N-dealkylation sites (tertiary alicyclic amines) is 1. The van der Waals surface area contributed by atoms with E-state index in [1.807, 2.05) is 0 Å². The number of nitrogens with zero attached hydrogens (tertiary/aromatic N) is 4. The Morgan fingerprint density at radius 3 is 2.40 bits per heavy atom. The monoisotopic (exact) mass is 812 g/mol. The number of tetrazole rings is 1.